The van der Waals surface area contributed by atoms with Gasteiger partial charge in [0.25, 0.3) is 0 Å². The number of nitrogen functional groups attached to an aromatic ring is 1. The van der Waals surface area contributed by atoms with Gasteiger partial charge in [0.15, 0.2) is 0 Å². The minimum absolute atomic E-state index is 0.125. The average molecular weight is 287 g/mol. The van der Waals surface area contributed by atoms with Crippen LogP contribution in [0, 0.1) is 0 Å². The Bertz CT molecular complexity index is 628. The molecule has 0 aliphatic heterocycles. The van der Waals surface area contributed by atoms with Crippen molar-refractivity contribution in [2.45, 2.75) is 13.3 Å². The topological polar surface area (TPSA) is 116 Å². The van der Waals surface area contributed by atoms with Crippen molar-refractivity contribution >= 4 is 17.7 Å². The Kier molecular flexibility index (Phi) is 4.55. The highest BCUT2D eigenvalue weighted by Gasteiger charge is 2.06. The predicted molar refractivity (Wildman–Crippen MR) is 80.3 cm³/mol. The van der Waals surface area contributed by atoms with Gasteiger partial charge in [-0.1, -0.05) is 6.92 Å². The van der Waals surface area contributed by atoms with Crippen molar-refractivity contribution in [1.82, 2.24) is 9.97 Å². The number of primary amides is 1. The van der Waals surface area contributed by atoms with E-state index in [0.29, 0.717) is 23.0 Å². The zero-order valence-corrected chi connectivity index (χ0v) is 11.7. The van der Waals surface area contributed by atoms with E-state index in [9.17, 15) is 4.79 Å². The van der Waals surface area contributed by atoms with Gasteiger partial charge >= 0.3 is 0 Å². The van der Waals surface area contributed by atoms with Gasteiger partial charge in [0.1, 0.15) is 11.6 Å². The van der Waals surface area contributed by atoms with Crippen molar-refractivity contribution in [3.63, 3.8) is 0 Å². The number of anilines is 2. The van der Waals surface area contributed by atoms with Crippen LogP contribution in [0.3, 0.4) is 0 Å². The summed E-state index contributed by atoms with van der Waals surface area (Å²) in [6.07, 6.45) is 0.967. The van der Waals surface area contributed by atoms with Gasteiger partial charge in [-0.2, -0.15) is 9.97 Å². The fourth-order valence-electron chi connectivity index (χ4n) is 1.65. The first-order valence-corrected chi connectivity index (χ1v) is 6.54. The highest BCUT2D eigenvalue weighted by molar-refractivity contribution is 5.92. The van der Waals surface area contributed by atoms with E-state index in [0.717, 1.165) is 13.0 Å². The van der Waals surface area contributed by atoms with Gasteiger partial charge in [-0.15, -0.1) is 0 Å². The van der Waals surface area contributed by atoms with Crippen molar-refractivity contribution in [3.8, 4) is 11.6 Å². The van der Waals surface area contributed by atoms with Crippen molar-refractivity contribution in [2.75, 3.05) is 17.6 Å². The van der Waals surface area contributed by atoms with E-state index in [2.05, 4.69) is 22.2 Å². The molecule has 2 aromatic rings. The quantitative estimate of drug-likeness (QED) is 0.745. The van der Waals surface area contributed by atoms with Crippen LogP contribution in [0.25, 0.3) is 0 Å². The molecule has 0 fully saturated rings. The molecular weight excluding hydrogens is 270 g/mol. The van der Waals surface area contributed by atoms with Crippen molar-refractivity contribution < 1.29 is 9.53 Å². The van der Waals surface area contributed by atoms with Crippen LogP contribution in [0.5, 0.6) is 11.6 Å². The van der Waals surface area contributed by atoms with Crippen molar-refractivity contribution in [1.29, 1.82) is 0 Å². The molecule has 0 bridgehead atoms. The van der Waals surface area contributed by atoms with Crippen LogP contribution in [-0.2, 0) is 0 Å². The number of nitrogens with zero attached hydrogens (tertiary/aromatic N) is 2. The highest BCUT2D eigenvalue weighted by Crippen LogP contribution is 2.22. The molecule has 0 saturated carbocycles. The monoisotopic (exact) mass is 287 g/mol. The van der Waals surface area contributed by atoms with Crippen LogP contribution < -0.4 is 21.5 Å². The summed E-state index contributed by atoms with van der Waals surface area (Å²) in [5, 5.41) is 3.11. The summed E-state index contributed by atoms with van der Waals surface area (Å²) in [6.45, 7) is 2.83. The van der Waals surface area contributed by atoms with E-state index >= 15 is 0 Å². The number of amides is 1. The molecule has 0 radical (unpaired) electrons. The Morgan fingerprint density at radius 2 is 2.00 bits per heavy atom. The average Bonchev–Trinajstić information content (AvgIpc) is 2.45. The molecule has 21 heavy (non-hydrogen) atoms. The molecule has 0 spiro atoms. The van der Waals surface area contributed by atoms with Crippen molar-refractivity contribution in [3.05, 3.63) is 35.9 Å². The zero-order chi connectivity index (χ0) is 15.2. The second-order valence-electron chi connectivity index (χ2n) is 4.37. The Morgan fingerprint density at radius 1 is 1.29 bits per heavy atom. The molecule has 2 rings (SSSR count). The van der Waals surface area contributed by atoms with E-state index in [1.807, 2.05) is 0 Å². The lowest BCUT2D eigenvalue weighted by molar-refractivity contribution is 0.100. The number of carbonyl (C=O) groups excluding carboxylic acids is 1. The number of nitrogens with one attached hydrogen (secondary N) is 1. The van der Waals surface area contributed by atoms with E-state index in [1.54, 1.807) is 30.3 Å². The van der Waals surface area contributed by atoms with E-state index in [4.69, 9.17) is 16.2 Å². The molecule has 0 aliphatic carbocycles. The first-order valence-electron chi connectivity index (χ1n) is 6.54. The highest BCUT2D eigenvalue weighted by atomic mass is 16.5. The first-order chi connectivity index (χ1) is 10.1. The van der Waals surface area contributed by atoms with E-state index < -0.39 is 5.91 Å². The maximum Gasteiger partial charge on any atom is 0.248 e. The number of nitrogens with two attached hydrogens (primary N) is 2. The number of ether oxygens (including phenoxy) is 1. The number of rotatable bonds is 6. The predicted octanol–water partition coefficient (Wildman–Crippen LogP) is 1.77. The second kappa shape index (κ2) is 6.56. The SMILES string of the molecule is CCCNc1cc(Oc2ccc(C(N)=O)cc2)nc(N)n1. The minimum atomic E-state index is -0.487. The van der Waals surface area contributed by atoms with E-state index in [-0.39, 0.29) is 5.95 Å². The molecule has 5 N–H and O–H groups in total. The summed E-state index contributed by atoms with van der Waals surface area (Å²) < 4.78 is 5.59. The van der Waals surface area contributed by atoms with Crippen LogP contribution in [0.1, 0.15) is 23.7 Å². The molecule has 1 heterocycles. The maximum atomic E-state index is 11.0. The maximum absolute atomic E-state index is 11.0. The van der Waals surface area contributed by atoms with Crippen LogP contribution >= 0.6 is 0 Å². The normalized spacial score (nSPS) is 10.1. The van der Waals surface area contributed by atoms with Gasteiger partial charge in [-0.05, 0) is 30.7 Å². The molecule has 7 heteroatoms. The summed E-state index contributed by atoms with van der Waals surface area (Å²) in [5.41, 5.74) is 11.2. The second-order valence-corrected chi connectivity index (χ2v) is 4.37. The van der Waals surface area contributed by atoms with Crippen molar-refractivity contribution in [2.24, 2.45) is 5.73 Å². The molecule has 110 valence electrons. The molecule has 1 aromatic heterocycles. The first kappa shape index (κ1) is 14.6. The number of hydrogen-bond donors (Lipinski definition) is 3. The standard InChI is InChI=1S/C14H17N5O2/c1-2-7-17-11-8-12(19-14(16)18-11)21-10-5-3-9(4-6-10)13(15)20/h3-6,8H,2,7H2,1H3,(H2,15,20)(H3,16,17,18,19). The summed E-state index contributed by atoms with van der Waals surface area (Å²) in [7, 11) is 0. The number of benzene rings is 1. The molecule has 1 amide bonds. The third-order valence-corrected chi connectivity index (χ3v) is 2.64. The van der Waals surface area contributed by atoms with Gasteiger partial charge in [-0.3, -0.25) is 4.79 Å². The number of hydrogen-bond acceptors (Lipinski definition) is 6. The Balaban J connectivity index is 2.14. The summed E-state index contributed by atoms with van der Waals surface area (Å²) in [5.74, 6) is 1.10. The summed E-state index contributed by atoms with van der Waals surface area (Å²) in [6, 6.07) is 8.10. The van der Waals surface area contributed by atoms with Crippen LogP contribution in [0.15, 0.2) is 30.3 Å². The Labute approximate surface area is 122 Å². The van der Waals surface area contributed by atoms with Gasteiger partial charge in [0.2, 0.25) is 17.7 Å². The molecule has 0 unspecified atom stereocenters. The van der Waals surface area contributed by atoms with Crippen LogP contribution in [0.4, 0.5) is 11.8 Å². The lowest BCUT2D eigenvalue weighted by atomic mass is 10.2. The minimum Gasteiger partial charge on any atom is -0.439 e. The fourth-order valence-corrected chi connectivity index (χ4v) is 1.65. The number of aromatic nitrogens is 2. The number of carbonyl (C=O) groups is 1. The van der Waals surface area contributed by atoms with Gasteiger partial charge < -0.3 is 21.5 Å². The lowest BCUT2D eigenvalue weighted by Gasteiger charge is -2.09. The lowest BCUT2D eigenvalue weighted by Crippen LogP contribution is -2.10. The van der Waals surface area contributed by atoms with Crippen LogP contribution in [0.2, 0.25) is 0 Å². The smallest absolute Gasteiger partial charge is 0.248 e. The van der Waals surface area contributed by atoms with Gasteiger partial charge in [0.05, 0.1) is 0 Å². The Hall–Kier alpha value is -2.83. The molecule has 7 nitrogen and oxygen atoms in total. The summed E-state index contributed by atoms with van der Waals surface area (Å²) >= 11 is 0. The fraction of sp³-hybridized carbons (Fsp3) is 0.214. The van der Waals surface area contributed by atoms with Crippen LogP contribution in [-0.4, -0.2) is 22.4 Å². The summed E-state index contributed by atoms with van der Waals surface area (Å²) in [4.78, 5) is 19.1. The van der Waals surface area contributed by atoms with Gasteiger partial charge in [-0.25, -0.2) is 0 Å². The largest absolute Gasteiger partial charge is 0.439 e. The van der Waals surface area contributed by atoms with E-state index in [1.165, 1.54) is 0 Å². The Morgan fingerprint density at radius 3 is 2.62 bits per heavy atom. The third kappa shape index (κ3) is 4.07. The molecule has 0 aliphatic rings. The molecule has 0 atom stereocenters. The third-order valence-electron chi connectivity index (χ3n) is 2.64. The molecule has 0 saturated heterocycles. The molecular formula is C14H17N5O2. The zero-order valence-electron chi connectivity index (χ0n) is 11.7. The molecule has 1 aromatic carbocycles. The van der Waals surface area contributed by atoms with Gasteiger partial charge in [0, 0.05) is 18.2 Å².